The summed E-state index contributed by atoms with van der Waals surface area (Å²) in [5.41, 5.74) is -0.356. The molecule has 5 nitrogen and oxygen atoms in total. The predicted octanol–water partition coefficient (Wildman–Crippen LogP) is 1.10. The number of nitrogens with one attached hydrogen (secondary N) is 1. The molecule has 1 unspecified atom stereocenters. The zero-order valence-corrected chi connectivity index (χ0v) is 14.6. The molecular formula is C14H26N2O3S2. The molecule has 0 saturated carbocycles. The van der Waals surface area contributed by atoms with Gasteiger partial charge in [-0.2, -0.15) is 11.8 Å². The maximum absolute atomic E-state index is 13.1. The van der Waals surface area contributed by atoms with Gasteiger partial charge in [-0.15, -0.1) is 0 Å². The highest BCUT2D eigenvalue weighted by Gasteiger charge is 2.45. The summed E-state index contributed by atoms with van der Waals surface area (Å²) in [6, 6.07) is 0. The number of rotatable bonds is 4. The number of carbonyl (C=O) groups excluding carboxylic acids is 1. The van der Waals surface area contributed by atoms with E-state index in [0.717, 1.165) is 44.5 Å². The van der Waals surface area contributed by atoms with Crippen molar-refractivity contribution >= 4 is 27.5 Å². The highest BCUT2D eigenvalue weighted by atomic mass is 32.2. The fraction of sp³-hybridized carbons (Fsp3) is 0.929. The highest BCUT2D eigenvalue weighted by Crippen LogP contribution is 2.38. The molecule has 0 aromatic carbocycles. The van der Waals surface area contributed by atoms with Crippen LogP contribution in [-0.2, 0) is 14.6 Å². The Kier molecular flexibility index (Phi) is 5.59. The molecule has 2 aliphatic rings. The fourth-order valence-corrected chi connectivity index (χ4v) is 6.24. The number of nitrogens with zero attached hydrogens (tertiary/aromatic N) is 1. The Labute approximate surface area is 132 Å². The number of carbonyl (C=O) groups is 1. The summed E-state index contributed by atoms with van der Waals surface area (Å²) in [5, 5.41) is 2.66. The van der Waals surface area contributed by atoms with Crippen LogP contribution >= 0.6 is 11.8 Å². The normalized spacial score (nSPS) is 26.6. The van der Waals surface area contributed by atoms with E-state index in [1.54, 1.807) is 16.7 Å². The van der Waals surface area contributed by atoms with Crippen molar-refractivity contribution in [2.24, 2.45) is 5.41 Å². The third kappa shape index (κ3) is 3.74. The molecule has 2 saturated heterocycles. The Bertz CT molecular complexity index is 467. The Hall–Kier alpha value is -0.270. The minimum absolute atomic E-state index is 0.0709. The van der Waals surface area contributed by atoms with E-state index in [-0.39, 0.29) is 11.3 Å². The summed E-state index contributed by atoms with van der Waals surface area (Å²) in [5.74, 6) is 1.41. The first-order chi connectivity index (χ1) is 9.91. The molecule has 1 N–H and O–H groups in total. The predicted molar refractivity (Wildman–Crippen MR) is 87.1 cm³/mol. The molecule has 2 rings (SSSR count). The van der Waals surface area contributed by atoms with Gasteiger partial charge in [0.15, 0.2) is 9.84 Å². The number of piperidine rings is 1. The van der Waals surface area contributed by atoms with Crippen LogP contribution in [0.4, 0.5) is 0 Å². The van der Waals surface area contributed by atoms with Gasteiger partial charge in [-0.3, -0.25) is 4.79 Å². The molecule has 21 heavy (non-hydrogen) atoms. The maximum Gasteiger partial charge on any atom is 0.230 e. The molecule has 0 aromatic heterocycles. The molecule has 0 bridgehead atoms. The van der Waals surface area contributed by atoms with Gasteiger partial charge in [-0.1, -0.05) is 13.3 Å². The average molecular weight is 335 g/mol. The molecule has 1 amide bonds. The molecule has 2 heterocycles. The standard InChI is InChI=1S/C14H26N2O3S2/c1-3-4-14(5-7-15-8-6-14)13(17)16-9-10-20-11-12(16)21(2,18)19/h12,15H,3-11H2,1-2H3. The zero-order valence-electron chi connectivity index (χ0n) is 12.9. The van der Waals surface area contributed by atoms with Crippen molar-refractivity contribution in [3.8, 4) is 0 Å². The van der Waals surface area contributed by atoms with Crippen molar-refractivity contribution in [1.29, 1.82) is 0 Å². The largest absolute Gasteiger partial charge is 0.324 e. The third-order valence-electron chi connectivity index (χ3n) is 4.58. The van der Waals surface area contributed by atoms with Gasteiger partial charge in [0.2, 0.25) is 5.91 Å². The Morgan fingerprint density at radius 2 is 2.05 bits per heavy atom. The van der Waals surface area contributed by atoms with Crippen molar-refractivity contribution in [3.05, 3.63) is 0 Å². The lowest BCUT2D eigenvalue weighted by molar-refractivity contribution is -0.145. The maximum atomic E-state index is 13.1. The van der Waals surface area contributed by atoms with Gasteiger partial charge in [0, 0.05) is 24.3 Å². The number of hydrogen-bond donors (Lipinski definition) is 1. The minimum Gasteiger partial charge on any atom is -0.324 e. The molecule has 122 valence electrons. The van der Waals surface area contributed by atoms with Crippen molar-refractivity contribution < 1.29 is 13.2 Å². The van der Waals surface area contributed by atoms with Crippen molar-refractivity contribution in [2.45, 2.75) is 38.0 Å². The van der Waals surface area contributed by atoms with Gasteiger partial charge in [0.05, 0.1) is 5.41 Å². The van der Waals surface area contributed by atoms with Gasteiger partial charge < -0.3 is 10.2 Å². The monoisotopic (exact) mass is 334 g/mol. The fourth-order valence-electron chi connectivity index (χ4n) is 3.43. The second kappa shape index (κ2) is 6.87. The highest BCUT2D eigenvalue weighted by molar-refractivity contribution is 8.00. The first-order valence-corrected chi connectivity index (χ1v) is 10.8. The quantitative estimate of drug-likeness (QED) is 0.834. The van der Waals surface area contributed by atoms with E-state index in [4.69, 9.17) is 0 Å². The number of sulfone groups is 1. The molecule has 0 aromatic rings. The van der Waals surface area contributed by atoms with Crippen LogP contribution in [0.5, 0.6) is 0 Å². The Morgan fingerprint density at radius 1 is 1.38 bits per heavy atom. The minimum atomic E-state index is -3.23. The number of amides is 1. The van der Waals surface area contributed by atoms with E-state index in [1.807, 2.05) is 0 Å². The van der Waals surface area contributed by atoms with Crippen LogP contribution in [-0.4, -0.2) is 62.0 Å². The molecule has 2 fully saturated rings. The lowest BCUT2D eigenvalue weighted by atomic mass is 9.74. The summed E-state index contributed by atoms with van der Waals surface area (Å²) in [7, 11) is -3.23. The first-order valence-electron chi connectivity index (χ1n) is 7.69. The van der Waals surface area contributed by atoms with Gasteiger partial charge >= 0.3 is 0 Å². The lowest BCUT2D eigenvalue weighted by Crippen LogP contribution is -2.56. The first kappa shape index (κ1) is 17.1. The van der Waals surface area contributed by atoms with Crippen molar-refractivity contribution in [1.82, 2.24) is 10.2 Å². The summed E-state index contributed by atoms with van der Waals surface area (Å²) in [4.78, 5) is 14.8. The Balaban J connectivity index is 2.25. The van der Waals surface area contributed by atoms with Crippen molar-refractivity contribution in [3.63, 3.8) is 0 Å². The molecule has 7 heteroatoms. The molecule has 1 atom stereocenters. The summed E-state index contributed by atoms with van der Waals surface area (Å²) >= 11 is 1.62. The van der Waals surface area contributed by atoms with Gasteiger partial charge in [0.25, 0.3) is 0 Å². The third-order valence-corrected chi connectivity index (χ3v) is 7.23. The van der Waals surface area contributed by atoms with E-state index in [9.17, 15) is 13.2 Å². The van der Waals surface area contributed by atoms with Crippen LogP contribution in [0.15, 0.2) is 0 Å². The van der Waals surface area contributed by atoms with E-state index < -0.39 is 15.2 Å². The van der Waals surface area contributed by atoms with E-state index in [1.165, 1.54) is 6.26 Å². The summed E-state index contributed by atoms with van der Waals surface area (Å²) in [6.45, 7) is 4.34. The van der Waals surface area contributed by atoms with Gasteiger partial charge in [0.1, 0.15) is 5.37 Å². The van der Waals surface area contributed by atoms with Crippen LogP contribution in [0.3, 0.4) is 0 Å². The van der Waals surface area contributed by atoms with Crippen LogP contribution in [0.1, 0.15) is 32.6 Å². The number of thioether (sulfide) groups is 1. The number of hydrogen-bond acceptors (Lipinski definition) is 5. The van der Waals surface area contributed by atoms with Gasteiger partial charge in [-0.25, -0.2) is 8.42 Å². The van der Waals surface area contributed by atoms with E-state index in [0.29, 0.717) is 12.3 Å². The summed E-state index contributed by atoms with van der Waals surface area (Å²) < 4.78 is 24.1. The van der Waals surface area contributed by atoms with E-state index >= 15 is 0 Å². The second-order valence-corrected chi connectivity index (χ2v) is 9.49. The second-order valence-electron chi connectivity index (χ2n) is 6.14. The van der Waals surface area contributed by atoms with E-state index in [2.05, 4.69) is 12.2 Å². The Morgan fingerprint density at radius 3 is 2.62 bits per heavy atom. The van der Waals surface area contributed by atoms with Crippen LogP contribution < -0.4 is 5.32 Å². The van der Waals surface area contributed by atoms with Crippen LogP contribution in [0.25, 0.3) is 0 Å². The molecule has 0 spiro atoms. The lowest BCUT2D eigenvalue weighted by Gasteiger charge is -2.43. The SMILES string of the molecule is CCCC1(C(=O)N2CCSCC2S(C)(=O)=O)CCNCC1. The van der Waals surface area contributed by atoms with Crippen molar-refractivity contribution in [2.75, 3.05) is 37.4 Å². The van der Waals surface area contributed by atoms with Crippen LogP contribution in [0.2, 0.25) is 0 Å². The average Bonchev–Trinajstić information content (AvgIpc) is 2.47. The molecule has 0 radical (unpaired) electrons. The smallest absolute Gasteiger partial charge is 0.230 e. The topological polar surface area (TPSA) is 66.5 Å². The summed E-state index contributed by atoms with van der Waals surface area (Å²) in [6.07, 6.45) is 4.70. The molecular weight excluding hydrogens is 308 g/mol. The van der Waals surface area contributed by atoms with Crippen LogP contribution in [0, 0.1) is 5.41 Å². The zero-order chi connectivity index (χ0) is 15.5. The molecule has 2 aliphatic heterocycles. The van der Waals surface area contributed by atoms with Gasteiger partial charge in [-0.05, 0) is 32.4 Å². The molecule has 0 aliphatic carbocycles.